The zero-order valence-corrected chi connectivity index (χ0v) is 5.67. The topological polar surface area (TPSA) is 58.3 Å². The zero-order chi connectivity index (χ0) is 6.85. The largest absolute Gasteiger partial charge is 0.437 e. The molecule has 0 amide bonds. The van der Waals surface area contributed by atoms with Gasteiger partial charge in [-0.3, -0.25) is 0 Å². The molecule has 0 bridgehead atoms. The van der Waals surface area contributed by atoms with Crippen molar-refractivity contribution in [3.05, 3.63) is 0 Å². The number of nitrogens with one attached hydrogen (secondary N) is 1. The lowest BCUT2D eigenvalue weighted by molar-refractivity contribution is 0.317. The van der Waals surface area contributed by atoms with Gasteiger partial charge in [-0.05, 0) is 19.7 Å². The second-order valence-corrected chi connectivity index (χ2v) is 2.77. The van der Waals surface area contributed by atoms with Crippen LogP contribution in [-0.2, 0) is 0 Å². The van der Waals surface area contributed by atoms with Gasteiger partial charge < -0.3 is 16.0 Å². The fourth-order valence-corrected chi connectivity index (χ4v) is 1.14. The summed E-state index contributed by atoms with van der Waals surface area (Å²) in [7, 11) is -0.387. The van der Waals surface area contributed by atoms with Gasteiger partial charge in [0, 0.05) is 12.1 Å². The zero-order valence-electron chi connectivity index (χ0n) is 5.67. The van der Waals surface area contributed by atoms with Crippen LogP contribution >= 0.6 is 0 Å². The van der Waals surface area contributed by atoms with Gasteiger partial charge in [0.05, 0.1) is 0 Å². The maximum atomic E-state index is 8.82. The molecular formula is C5H13BN2O. The molecule has 1 aliphatic rings. The maximum Gasteiger partial charge on any atom is 0.373 e. The fourth-order valence-electron chi connectivity index (χ4n) is 1.14. The Hall–Kier alpha value is -0.0551. The third-order valence-corrected chi connectivity index (χ3v) is 1.65. The predicted molar refractivity (Wildman–Crippen MR) is 38.0 cm³/mol. The van der Waals surface area contributed by atoms with E-state index < -0.39 is 0 Å². The summed E-state index contributed by atoms with van der Waals surface area (Å²) in [6, 6.07) is 0.821. The summed E-state index contributed by atoms with van der Waals surface area (Å²) in [5.41, 5.74) is 5.52. The van der Waals surface area contributed by atoms with E-state index in [-0.39, 0.29) is 7.05 Å². The minimum Gasteiger partial charge on any atom is -0.437 e. The number of hydrogen-bond acceptors (Lipinski definition) is 3. The Morgan fingerprint density at radius 1 is 1.67 bits per heavy atom. The molecule has 4 N–H and O–H groups in total. The standard InChI is InChI=1S/C5H13BN2O/c1-6(9)8-5-2-4(7)3-5/h4-5,8-9H,2-3,7H2,1H3. The van der Waals surface area contributed by atoms with Gasteiger partial charge >= 0.3 is 7.05 Å². The summed E-state index contributed by atoms with van der Waals surface area (Å²) in [5.74, 6) is 0. The van der Waals surface area contributed by atoms with Gasteiger partial charge in [-0.25, -0.2) is 0 Å². The molecule has 0 aliphatic heterocycles. The lowest BCUT2D eigenvalue weighted by Crippen LogP contribution is -2.52. The van der Waals surface area contributed by atoms with Crippen LogP contribution in [0.3, 0.4) is 0 Å². The number of rotatable bonds is 2. The minimum atomic E-state index is -0.387. The molecule has 52 valence electrons. The van der Waals surface area contributed by atoms with Crippen molar-refractivity contribution in [1.82, 2.24) is 5.23 Å². The third-order valence-electron chi connectivity index (χ3n) is 1.65. The third kappa shape index (κ3) is 1.97. The molecule has 0 unspecified atom stereocenters. The SMILES string of the molecule is CB(O)NC1CC(N)C1. The van der Waals surface area contributed by atoms with Gasteiger partial charge in [-0.15, -0.1) is 0 Å². The monoisotopic (exact) mass is 128 g/mol. The summed E-state index contributed by atoms with van der Waals surface area (Å²) < 4.78 is 0. The van der Waals surface area contributed by atoms with E-state index in [4.69, 9.17) is 10.8 Å². The number of hydrogen-bond donors (Lipinski definition) is 3. The van der Waals surface area contributed by atoms with Crippen molar-refractivity contribution in [1.29, 1.82) is 0 Å². The lowest BCUT2D eigenvalue weighted by Gasteiger charge is -2.33. The Morgan fingerprint density at radius 2 is 2.22 bits per heavy atom. The average molecular weight is 128 g/mol. The molecule has 3 nitrogen and oxygen atoms in total. The lowest BCUT2D eigenvalue weighted by atomic mass is 9.79. The predicted octanol–water partition coefficient (Wildman–Crippen LogP) is -0.824. The van der Waals surface area contributed by atoms with E-state index in [1.54, 1.807) is 6.82 Å². The van der Waals surface area contributed by atoms with E-state index in [0.717, 1.165) is 12.8 Å². The number of nitrogens with two attached hydrogens (primary N) is 1. The average Bonchev–Trinajstić information content (AvgIpc) is 1.60. The molecule has 0 spiro atoms. The molecule has 1 saturated carbocycles. The van der Waals surface area contributed by atoms with E-state index in [9.17, 15) is 0 Å². The second kappa shape index (κ2) is 2.69. The van der Waals surface area contributed by atoms with Crippen LogP contribution < -0.4 is 11.0 Å². The Bertz CT molecular complexity index is 93.0. The molecule has 9 heavy (non-hydrogen) atoms. The van der Waals surface area contributed by atoms with Crippen molar-refractivity contribution in [2.75, 3.05) is 0 Å². The highest BCUT2D eigenvalue weighted by Crippen LogP contribution is 2.16. The highest BCUT2D eigenvalue weighted by Gasteiger charge is 2.26. The molecule has 0 aromatic carbocycles. The van der Waals surface area contributed by atoms with Crippen molar-refractivity contribution in [2.24, 2.45) is 5.73 Å². The summed E-state index contributed by atoms with van der Waals surface area (Å²) >= 11 is 0. The van der Waals surface area contributed by atoms with Crippen LogP contribution in [0.2, 0.25) is 6.82 Å². The molecule has 1 aliphatic carbocycles. The Kier molecular flexibility index (Phi) is 2.11. The van der Waals surface area contributed by atoms with Gasteiger partial charge in [-0.2, -0.15) is 0 Å². The smallest absolute Gasteiger partial charge is 0.373 e. The van der Waals surface area contributed by atoms with E-state index in [1.165, 1.54) is 0 Å². The first-order valence-corrected chi connectivity index (χ1v) is 3.38. The van der Waals surface area contributed by atoms with E-state index in [1.807, 2.05) is 0 Å². The molecule has 0 atom stereocenters. The van der Waals surface area contributed by atoms with Crippen LogP contribution in [0, 0.1) is 0 Å². The summed E-state index contributed by atoms with van der Waals surface area (Å²) in [6.07, 6.45) is 2.01. The first-order chi connectivity index (χ1) is 4.18. The van der Waals surface area contributed by atoms with Crippen LogP contribution in [-0.4, -0.2) is 24.2 Å². The van der Waals surface area contributed by atoms with Crippen molar-refractivity contribution >= 4 is 7.05 Å². The van der Waals surface area contributed by atoms with Gasteiger partial charge in [0.2, 0.25) is 0 Å². The van der Waals surface area contributed by atoms with Crippen LogP contribution in [0.25, 0.3) is 0 Å². The molecule has 1 fully saturated rings. The van der Waals surface area contributed by atoms with Crippen molar-refractivity contribution in [3.8, 4) is 0 Å². The molecule has 0 heterocycles. The highest BCUT2D eigenvalue weighted by molar-refractivity contribution is 6.45. The van der Waals surface area contributed by atoms with Gasteiger partial charge in [0.25, 0.3) is 0 Å². The Labute approximate surface area is 55.8 Å². The molecule has 0 aromatic heterocycles. The van der Waals surface area contributed by atoms with E-state index in [2.05, 4.69) is 5.23 Å². The van der Waals surface area contributed by atoms with Crippen LogP contribution in [0.4, 0.5) is 0 Å². The first-order valence-electron chi connectivity index (χ1n) is 3.38. The molecule has 1 rings (SSSR count). The van der Waals surface area contributed by atoms with Crippen LogP contribution in [0.5, 0.6) is 0 Å². The van der Waals surface area contributed by atoms with Crippen molar-refractivity contribution in [2.45, 2.75) is 31.7 Å². The molecule has 0 saturated heterocycles. The first kappa shape index (κ1) is 7.06. The highest BCUT2D eigenvalue weighted by atomic mass is 16.2. The Morgan fingerprint density at radius 3 is 2.56 bits per heavy atom. The van der Waals surface area contributed by atoms with Gasteiger partial charge in [-0.1, -0.05) is 0 Å². The van der Waals surface area contributed by atoms with E-state index >= 15 is 0 Å². The summed E-state index contributed by atoms with van der Waals surface area (Å²) in [6.45, 7) is 1.73. The summed E-state index contributed by atoms with van der Waals surface area (Å²) in [4.78, 5) is 0. The Balaban J connectivity index is 2.04. The second-order valence-electron chi connectivity index (χ2n) is 2.77. The van der Waals surface area contributed by atoms with Crippen molar-refractivity contribution < 1.29 is 5.02 Å². The molecular weight excluding hydrogens is 115 g/mol. The van der Waals surface area contributed by atoms with Gasteiger partial charge in [0.15, 0.2) is 0 Å². The van der Waals surface area contributed by atoms with Gasteiger partial charge in [0.1, 0.15) is 0 Å². The summed E-state index contributed by atoms with van der Waals surface area (Å²) in [5, 5.41) is 11.8. The molecule has 0 radical (unpaired) electrons. The minimum absolute atomic E-state index is 0.362. The maximum absolute atomic E-state index is 8.82. The van der Waals surface area contributed by atoms with Crippen LogP contribution in [0.1, 0.15) is 12.8 Å². The van der Waals surface area contributed by atoms with Crippen LogP contribution in [0.15, 0.2) is 0 Å². The molecule has 0 aromatic rings. The van der Waals surface area contributed by atoms with Crippen molar-refractivity contribution in [3.63, 3.8) is 0 Å². The fraction of sp³-hybridized carbons (Fsp3) is 1.00. The van der Waals surface area contributed by atoms with E-state index in [0.29, 0.717) is 12.1 Å². The normalized spacial score (nSPS) is 33.7. The quantitative estimate of drug-likeness (QED) is 0.425. The molecule has 4 heteroatoms.